The van der Waals surface area contributed by atoms with E-state index >= 15 is 0 Å². The van der Waals surface area contributed by atoms with Gasteiger partial charge in [0.25, 0.3) is 0 Å². The van der Waals surface area contributed by atoms with E-state index in [0.29, 0.717) is 33.2 Å². The van der Waals surface area contributed by atoms with E-state index in [1.807, 2.05) is 0 Å². The van der Waals surface area contributed by atoms with Gasteiger partial charge in [-0.1, -0.05) is 34.9 Å². The van der Waals surface area contributed by atoms with Gasteiger partial charge >= 0.3 is 0 Å². The third-order valence-electron chi connectivity index (χ3n) is 4.28. The third kappa shape index (κ3) is 7.45. The lowest BCUT2D eigenvalue weighted by Gasteiger charge is -2.14. The van der Waals surface area contributed by atoms with Crippen LogP contribution in [-0.2, 0) is 24.8 Å². The number of aromatic nitrogens is 2. The summed E-state index contributed by atoms with van der Waals surface area (Å²) in [5, 5.41) is 15.6. The largest absolute Gasteiger partial charge is 0.440 e. The minimum absolute atomic E-state index is 0.120. The number of rotatable bonds is 8. The summed E-state index contributed by atoms with van der Waals surface area (Å²) in [6.45, 7) is 1.66. The fourth-order valence-corrected chi connectivity index (χ4v) is 3.67. The van der Waals surface area contributed by atoms with Gasteiger partial charge in [-0.05, 0) is 37.3 Å². The molecule has 0 amide bonds. The highest BCUT2D eigenvalue weighted by molar-refractivity contribution is 7.92. The minimum atomic E-state index is -3.40. The highest BCUT2D eigenvalue weighted by Crippen LogP contribution is 2.19. The summed E-state index contributed by atoms with van der Waals surface area (Å²) in [6.07, 6.45) is 2.60. The van der Waals surface area contributed by atoms with Crippen LogP contribution in [0.1, 0.15) is 18.1 Å². The quantitative estimate of drug-likeness (QED) is 0.234. The van der Waals surface area contributed by atoms with Crippen LogP contribution in [0.3, 0.4) is 0 Å². The maximum absolute atomic E-state index is 11.5. The van der Waals surface area contributed by atoms with E-state index < -0.39 is 20.6 Å². The number of sulfonamides is 1. The van der Waals surface area contributed by atoms with Crippen LogP contribution in [0, 0.1) is 16.6 Å². The molecule has 0 unspecified atom stereocenters. The number of hydrogen-bond donors (Lipinski definition) is 5. The fraction of sp³-hybridized carbons (Fsp3) is 0.182. The van der Waals surface area contributed by atoms with Crippen molar-refractivity contribution in [2.45, 2.75) is 17.9 Å². The predicted octanol–water partition coefficient (Wildman–Crippen LogP) is 2.87. The molecule has 0 bridgehead atoms. The predicted molar refractivity (Wildman–Crippen MR) is 132 cm³/mol. The second kappa shape index (κ2) is 11.0. The molecule has 178 valence electrons. The molecule has 0 aliphatic carbocycles. The Morgan fingerprint density at radius 3 is 2.53 bits per heavy atom. The Hall–Kier alpha value is -3.66. The molecule has 1 atom stereocenters. The van der Waals surface area contributed by atoms with E-state index in [1.165, 1.54) is 6.20 Å². The molecule has 2 aromatic carbocycles. The molecule has 0 radical (unpaired) electrons. The smallest absolute Gasteiger partial charge is 0.229 e. The fourth-order valence-electron chi connectivity index (χ4n) is 2.73. The van der Waals surface area contributed by atoms with Crippen LogP contribution < -0.4 is 15.4 Å². The summed E-state index contributed by atoms with van der Waals surface area (Å²) in [4.78, 5) is 9.13. The van der Waals surface area contributed by atoms with E-state index in [0.717, 1.165) is 6.26 Å². The molecule has 3 aromatic rings. The summed E-state index contributed by atoms with van der Waals surface area (Å²) in [6, 6.07) is 12.9. The zero-order chi connectivity index (χ0) is 24.7. The highest BCUT2D eigenvalue weighted by Gasteiger charge is 2.09. The number of hydrogen-bond acceptors (Lipinski definition) is 10. The number of anilines is 4. The summed E-state index contributed by atoms with van der Waals surface area (Å²) >= 11 is 0. The van der Waals surface area contributed by atoms with Gasteiger partial charge < -0.3 is 24.7 Å². The van der Waals surface area contributed by atoms with Crippen molar-refractivity contribution >= 4 is 43.8 Å². The van der Waals surface area contributed by atoms with Crippen molar-refractivity contribution in [2.24, 2.45) is 0 Å². The first-order chi connectivity index (χ1) is 16.1. The topological polar surface area (TPSA) is 157 Å². The lowest BCUT2D eigenvalue weighted by atomic mass is 10.2. The molecule has 0 spiro atoms. The molecule has 0 aliphatic heterocycles. The van der Waals surface area contributed by atoms with Crippen molar-refractivity contribution in [3.05, 3.63) is 65.9 Å². The van der Waals surface area contributed by atoms with E-state index in [4.69, 9.17) is 4.78 Å². The molecule has 3 rings (SSSR count). The first kappa shape index (κ1) is 25.0. The Balaban J connectivity index is 1.88. The van der Waals surface area contributed by atoms with E-state index in [-0.39, 0.29) is 18.6 Å². The van der Waals surface area contributed by atoms with Gasteiger partial charge in [-0.3, -0.25) is 4.72 Å². The maximum Gasteiger partial charge on any atom is 0.229 e. The second-order valence-corrected chi connectivity index (χ2v) is 10.1. The standard InChI is InChI=1S/C22H23N6O4S2/c1-15(14-29)25-21-17(7-6-16-4-3-5-19(12-16)28-34(2,31)32)13-24-22(27-21)26-18-8-10-20(11-9-18)33(23)30/h3-5,8-13,15,23,28-29H,14H2,1-2H3,(H2,24,25,26,27)/q-1/t15-/m1/s1. The molecule has 0 saturated carbocycles. The minimum Gasteiger partial charge on any atom is -0.440 e. The Morgan fingerprint density at radius 2 is 1.88 bits per heavy atom. The maximum atomic E-state index is 11.5. The van der Waals surface area contributed by atoms with Crippen molar-refractivity contribution in [3.8, 4) is 11.8 Å². The third-order valence-corrected chi connectivity index (χ3v) is 5.58. The van der Waals surface area contributed by atoms with Gasteiger partial charge in [0.1, 0.15) is 5.82 Å². The second-order valence-electron chi connectivity index (χ2n) is 7.31. The molecular weight excluding hydrogens is 476 g/mol. The molecule has 10 nitrogen and oxygen atoms in total. The van der Waals surface area contributed by atoms with Crippen molar-refractivity contribution in [2.75, 3.05) is 28.2 Å². The molecular formula is C22H23N6O4S2-. The van der Waals surface area contributed by atoms with Crippen molar-refractivity contribution in [3.63, 3.8) is 0 Å². The van der Waals surface area contributed by atoms with E-state index in [2.05, 4.69) is 37.2 Å². The van der Waals surface area contributed by atoms with Crippen molar-refractivity contribution in [1.29, 1.82) is 4.78 Å². The molecule has 0 saturated heterocycles. The highest BCUT2D eigenvalue weighted by atomic mass is 32.2. The van der Waals surface area contributed by atoms with Crippen LogP contribution in [0.15, 0.2) is 59.6 Å². The Labute approximate surface area is 199 Å². The van der Waals surface area contributed by atoms with Gasteiger partial charge in [0, 0.05) is 23.0 Å². The molecule has 1 aromatic heterocycles. The first-order valence-electron chi connectivity index (χ1n) is 9.97. The molecule has 34 heavy (non-hydrogen) atoms. The number of aliphatic hydroxyl groups is 1. The monoisotopic (exact) mass is 499 g/mol. The van der Waals surface area contributed by atoms with Crippen LogP contribution in [-0.4, -0.2) is 42.4 Å². The normalized spacial score (nSPS) is 11.9. The van der Waals surface area contributed by atoms with Crippen molar-refractivity contribution < 1.29 is 17.7 Å². The Kier molecular flexibility index (Phi) is 8.06. The summed E-state index contributed by atoms with van der Waals surface area (Å²) in [5.74, 6) is 6.63. The van der Waals surface area contributed by atoms with Gasteiger partial charge in [0.2, 0.25) is 16.0 Å². The van der Waals surface area contributed by atoms with Crippen LogP contribution in [0.25, 0.3) is 0 Å². The number of aliphatic hydroxyl groups excluding tert-OH is 1. The van der Waals surface area contributed by atoms with E-state index in [1.54, 1.807) is 55.5 Å². The van der Waals surface area contributed by atoms with E-state index in [9.17, 15) is 17.7 Å². The number of benzene rings is 2. The molecule has 5 N–H and O–H groups in total. The molecule has 1 heterocycles. The van der Waals surface area contributed by atoms with Crippen LogP contribution in [0.5, 0.6) is 0 Å². The average molecular weight is 500 g/mol. The van der Waals surface area contributed by atoms with Gasteiger partial charge in [0.05, 0.1) is 24.6 Å². The van der Waals surface area contributed by atoms with Gasteiger partial charge in [0.15, 0.2) is 0 Å². The zero-order valence-corrected chi connectivity index (χ0v) is 20.0. The van der Waals surface area contributed by atoms with Gasteiger partial charge in [-0.15, -0.1) is 0 Å². The van der Waals surface area contributed by atoms with Crippen LogP contribution in [0.4, 0.5) is 23.1 Å². The number of nitrogens with zero attached hydrogens (tertiary/aromatic N) is 2. The zero-order valence-electron chi connectivity index (χ0n) is 18.4. The first-order valence-corrected chi connectivity index (χ1v) is 13.0. The SMILES string of the molecule is C[C@H](CO)Nc1nc(Nc2ccc([S-](=N)=O)cc2)ncc1C#Cc1cccc(NS(C)(=O)=O)c1. The van der Waals surface area contributed by atoms with Gasteiger partial charge in [-0.25, -0.2) is 13.4 Å². The average Bonchev–Trinajstić information content (AvgIpc) is 2.78. The van der Waals surface area contributed by atoms with Gasteiger partial charge in [-0.2, -0.15) is 15.6 Å². The summed E-state index contributed by atoms with van der Waals surface area (Å²) < 4.78 is 43.8. The molecule has 0 fully saturated rings. The Morgan fingerprint density at radius 1 is 1.15 bits per heavy atom. The summed E-state index contributed by atoms with van der Waals surface area (Å²) in [5.41, 5.74) is 2.11. The van der Waals surface area contributed by atoms with Crippen LogP contribution >= 0.6 is 0 Å². The lowest BCUT2D eigenvalue weighted by molar-refractivity contribution is 0.281. The van der Waals surface area contributed by atoms with Crippen LogP contribution in [0.2, 0.25) is 0 Å². The number of nitrogens with one attached hydrogen (secondary N) is 4. The Bertz CT molecular complexity index is 1400. The molecule has 0 aliphatic rings. The summed E-state index contributed by atoms with van der Waals surface area (Å²) in [7, 11) is -5.22. The van der Waals surface area contributed by atoms with Crippen molar-refractivity contribution in [1.82, 2.24) is 9.97 Å². The molecule has 12 heteroatoms. The lowest BCUT2D eigenvalue weighted by Crippen LogP contribution is -2.21.